The summed E-state index contributed by atoms with van der Waals surface area (Å²) in [6, 6.07) is 6.65. The number of amides is 1. The van der Waals surface area contributed by atoms with E-state index in [0.717, 1.165) is 11.8 Å². The van der Waals surface area contributed by atoms with E-state index in [0.29, 0.717) is 10.6 Å². The van der Waals surface area contributed by atoms with Crippen LogP contribution in [-0.2, 0) is 4.79 Å². The van der Waals surface area contributed by atoms with Crippen LogP contribution < -0.4 is 11.1 Å². The Bertz CT molecular complexity index is 681. The first-order chi connectivity index (χ1) is 10.4. The van der Waals surface area contributed by atoms with Crippen LogP contribution in [0.2, 0.25) is 0 Å². The molecular weight excluding hydrogens is 320 g/mol. The topological polar surface area (TPSA) is 55.1 Å². The zero-order chi connectivity index (χ0) is 16.3. The fourth-order valence-electron chi connectivity index (χ4n) is 1.57. The molecule has 0 spiro atoms. The largest absolute Gasteiger partial charge is 0.399 e. The summed E-state index contributed by atoms with van der Waals surface area (Å²) >= 11 is 1.08. The van der Waals surface area contributed by atoms with E-state index in [1.165, 1.54) is 0 Å². The van der Waals surface area contributed by atoms with Crippen molar-refractivity contribution < 1.29 is 22.4 Å². The first-order valence-electron chi connectivity index (χ1n) is 5.99. The molecule has 0 aliphatic heterocycles. The van der Waals surface area contributed by atoms with Crippen LogP contribution in [0.25, 0.3) is 0 Å². The number of hydrogen-bond donors (Lipinski definition) is 2. The molecule has 0 fully saturated rings. The minimum absolute atomic E-state index is 0.0729. The van der Waals surface area contributed by atoms with Crippen molar-refractivity contribution in [2.45, 2.75) is 4.90 Å². The van der Waals surface area contributed by atoms with Crippen LogP contribution >= 0.6 is 11.8 Å². The van der Waals surface area contributed by atoms with Crippen LogP contribution in [0.1, 0.15) is 0 Å². The molecule has 1 amide bonds. The minimum Gasteiger partial charge on any atom is -0.399 e. The fourth-order valence-corrected chi connectivity index (χ4v) is 2.27. The SMILES string of the molecule is Nc1ccc(SCC(=O)Nc2c(F)c(F)cc(F)c2F)cc1. The standard InChI is InChI=1S/C14H10F4N2OS/c15-9-5-10(16)13(18)14(12(9)17)20-11(21)6-22-8-3-1-7(19)2-4-8/h1-5H,6,19H2,(H,20,21). The molecule has 0 unspecified atom stereocenters. The van der Waals surface area contributed by atoms with Gasteiger partial charge in [0.2, 0.25) is 5.91 Å². The number of nitrogens with one attached hydrogen (secondary N) is 1. The van der Waals surface area contributed by atoms with Gasteiger partial charge in [-0.15, -0.1) is 11.8 Å². The van der Waals surface area contributed by atoms with Crippen LogP contribution in [-0.4, -0.2) is 11.7 Å². The van der Waals surface area contributed by atoms with Crippen molar-refractivity contribution in [3.63, 3.8) is 0 Å². The summed E-state index contributed by atoms with van der Waals surface area (Å²) in [7, 11) is 0. The number of nitrogens with two attached hydrogens (primary N) is 1. The zero-order valence-electron chi connectivity index (χ0n) is 11.0. The number of anilines is 2. The Morgan fingerprint density at radius 2 is 1.59 bits per heavy atom. The number of thioether (sulfide) groups is 1. The second-order valence-corrected chi connectivity index (χ2v) is 5.30. The Labute approximate surface area is 127 Å². The molecule has 0 aliphatic rings. The molecule has 3 nitrogen and oxygen atoms in total. The molecule has 8 heteroatoms. The van der Waals surface area contributed by atoms with E-state index >= 15 is 0 Å². The van der Waals surface area contributed by atoms with Crippen LogP contribution in [0.3, 0.4) is 0 Å². The van der Waals surface area contributed by atoms with E-state index < -0.39 is 34.9 Å². The summed E-state index contributed by atoms with van der Waals surface area (Å²) in [5.41, 5.74) is 4.91. The Hall–Kier alpha value is -2.22. The van der Waals surface area contributed by atoms with E-state index in [1.807, 2.05) is 5.32 Å². The zero-order valence-corrected chi connectivity index (χ0v) is 11.8. The first kappa shape index (κ1) is 16.2. The van der Waals surface area contributed by atoms with Crippen molar-refractivity contribution in [3.05, 3.63) is 53.6 Å². The summed E-state index contributed by atoms with van der Waals surface area (Å²) in [4.78, 5) is 12.3. The van der Waals surface area contributed by atoms with E-state index in [2.05, 4.69) is 0 Å². The highest BCUT2D eigenvalue weighted by Crippen LogP contribution is 2.25. The van der Waals surface area contributed by atoms with Gasteiger partial charge in [0.15, 0.2) is 23.3 Å². The molecule has 0 atom stereocenters. The maximum absolute atomic E-state index is 13.4. The predicted molar refractivity (Wildman–Crippen MR) is 76.5 cm³/mol. The third kappa shape index (κ3) is 3.70. The Morgan fingerprint density at radius 3 is 2.14 bits per heavy atom. The van der Waals surface area contributed by atoms with Crippen LogP contribution in [0.4, 0.5) is 28.9 Å². The van der Waals surface area contributed by atoms with Gasteiger partial charge >= 0.3 is 0 Å². The predicted octanol–water partition coefficient (Wildman–Crippen LogP) is 3.56. The number of benzene rings is 2. The molecule has 0 heterocycles. The molecule has 22 heavy (non-hydrogen) atoms. The van der Waals surface area contributed by atoms with Gasteiger partial charge in [-0.2, -0.15) is 0 Å². The van der Waals surface area contributed by atoms with Crippen molar-refractivity contribution in [2.75, 3.05) is 16.8 Å². The third-order valence-electron chi connectivity index (χ3n) is 2.63. The van der Waals surface area contributed by atoms with Gasteiger partial charge in [-0.05, 0) is 24.3 Å². The lowest BCUT2D eigenvalue weighted by atomic mass is 10.2. The van der Waals surface area contributed by atoms with Gasteiger partial charge in [0.25, 0.3) is 0 Å². The molecule has 0 radical (unpaired) electrons. The summed E-state index contributed by atoms with van der Waals surface area (Å²) in [6.45, 7) is 0. The Morgan fingerprint density at radius 1 is 1.05 bits per heavy atom. The lowest BCUT2D eigenvalue weighted by molar-refractivity contribution is -0.113. The van der Waals surface area contributed by atoms with E-state index in [1.54, 1.807) is 24.3 Å². The second-order valence-electron chi connectivity index (χ2n) is 4.25. The van der Waals surface area contributed by atoms with Crippen LogP contribution in [0, 0.1) is 23.3 Å². The van der Waals surface area contributed by atoms with Gasteiger partial charge in [0.1, 0.15) is 5.69 Å². The minimum atomic E-state index is -1.65. The summed E-state index contributed by atoms with van der Waals surface area (Å²) in [5, 5.41) is 1.83. The van der Waals surface area contributed by atoms with Gasteiger partial charge in [-0.1, -0.05) is 0 Å². The monoisotopic (exact) mass is 330 g/mol. The smallest absolute Gasteiger partial charge is 0.234 e. The molecule has 2 aromatic rings. The van der Waals surface area contributed by atoms with Crippen molar-refractivity contribution in [2.24, 2.45) is 0 Å². The molecule has 0 bridgehead atoms. The molecule has 0 aromatic heterocycles. The highest BCUT2D eigenvalue weighted by molar-refractivity contribution is 8.00. The number of halogens is 4. The normalized spacial score (nSPS) is 10.5. The van der Waals surface area contributed by atoms with Gasteiger partial charge in [-0.3, -0.25) is 4.79 Å². The van der Waals surface area contributed by atoms with E-state index in [-0.39, 0.29) is 11.8 Å². The van der Waals surface area contributed by atoms with Crippen molar-refractivity contribution in [3.8, 4) is 0 Å². The summed E-state index contributed by atoms with van der Waals surface area (Å²) in [5.74, 6) is -7.46. The number of hydrogen-bond acceptors (Lipinski definition) is 3. The van der Waals surface area contributed by atoms with Crippen LogP contribution in [0.5, 0.6) is 0 Å². The molecule has 2 aromatic carbocycles. The van der Waals surface area contributed by atoms with Crippen LogP contribution in [0.15, 0.2) is 35.2 Å². The van der Waals surface area contributed by atoms with Gasteiger partial charge in [0, 0.05) is 16.6 Å². The number of nitrogen functional groups attached to an aromatic ring is 1. The van der Waals surface area contributed by atoms with Gasteiger partial charge < -0.3 is 11.1 Å². The molecule has 116 valence electrons. The quantitative estimate of drug-likeness (QED) is 0.390. The molecule has 0 aliphatic carbocycles. The maximum atomic E-state index is 13.4. The molecule has 2 rings (SSSR count). The number of carbonyl (C=O) groups is 1. The number of rotatable bonds is 4. The fraction of sp³-hybridized carbons (Fsp3) is 0.0714. The van der Waals surface area contributed by atoms with Crippen molar-refractivity contribution in [1.82, 2.24) is 0 Å². The highest BCUT2D eigenvalue weighted by Gasteiger charge is 2.20. The molecule has 3 N–H and O–H groups in total. The molecular formula is C14H10F4N2OS. The Balaban J connectivity index is 2.05. The highest BCUT2D eigenvalue weighted by atomic mass is 32.2. The third-order valence-corrected chi connectivity index (χ3v) is 3.64. The maximum Gasteiger partial charge on any atom is 0.234 e. The molecule has 0 saturated heterocycles. The number of carbonyl (C=O) groups excluding carboxylic acids is 1. The average Bonchev–Trinajstić information content (AvgIpc) is 2.49. The average molecular weight is 330 g/mol. The lowest BCUT2D eigenvalue weighted by Crippen LogP contribution is -2.17. The first-order valence-corrected chi connectivity index (χ1v) is 6.98. The molecule has 0 saturated carbocycles. The van der Waals surface area contributed by atoms with E-state index in [9.17, 15) is 22.4 Å². The van der Waals surface area contributed by atoms with Crippen molar-refractivity contribution in [1.29, 1.82) is 0 Å². The summed E-state index contributed by atoms with van der Waals surface area (Å²) in [6.07, 6.45) is 0. The summed E-state index contributed by atoms with van der Waals surface area (Å²) < 4.78 is 52.8. The van der Waals surface area contributed by atoms with E-state index in [4.69, 9.17) is 5.73 Å². The lowest BCUT2D eigenvalue weighted by Gasteiger charge is -2.09. The Kier molecular flexibility index (Phi) is 4.92. The van der Waals surface area contributed by atoms with Gasteiger partial charge in [0.05, 0.1) is 5.75 Å². The van der Waals surface area contributed by atoms with Crippen molar-refractivity contribution >= 4 is 29.0 Å². The van der Waals surface area contributed by atoms with Gasteiger partial charge in [-0.25, -0.2) is 17.6 Å². The second kappa shape index (κ2) is 6.69.